The van der Waals surface area contributed by atoms with Crippen LogP contribution in [0.1, 0.15) is 26.3 Å². The van der Waals surface area contributed by atoms with Gasteiger partial charge in [-0.1, -0.05) is 12.1 Å². The number of esters is 1. The van der Waals surface area contributed by atoms with Crippen molar-refractivity contribution in [3.63, 3.8) is 0 Å². The molecule has 0 fully saturated rings. The highest BCUT2D eigenvalue weighted by Crippen LogP contribution is 2.20. The molecular formula is C17H15FO5. The van der Waals surface area contributed by atoms with Gasteiger partial charge in [-0.3, -0.25) is 4.79 Å². The predicted molar refractivity (Wildman–Crippen MR) is 79.9 cm³/mol. The number of halogens is 1. The summed E-state index contributed by atoms with van der Waals surface area (Å²) < 4.78 is 23.2. The summed E-state index contributed by atoms with van der Waals surface area (Å²) in [7, 11) is 1.36. The maximum absolute atomic E-state index is 13.2. The van der Waals surface area contributed by atoms with Gasteiger partial charge in [-0.2, -0.15) is 0 Å². The van der Waals surface area contributed by atoms with E-state index in [1.165, 1.54) is 31.4 Å². The first-order chi connectivity index (χ1) is 11.0. The maximum Gasteiger partial charge on any atom is 0.338 e. The van der Waals surface area contributed by atoms with Crippen LogP contribution in [0.3, 0.4) is 0 Å². The number of aliphatic hydroxyl groups is 1. The van der Waals surface area contributed by atoms with Crippen LogP contribution in [0.2, 0.25) is 0 Å². The lowest BCUT2D eigenvalue weighted by Gasteiger charge is -2.08. The van der Waals surface area contributed by atoms with E-state index >= 15 is 0 Å². The number of rotatable bonds is 6. The van der Waals surface area contributed by atoms with Gasteiger partial charge >= 0.3 is 5.97 Å². The lowest BCUT2D eigenvalue weighted by molar-refractivity contribution is 0.0474. The number of hydrogen-bond donors (Lipinski definition) is 1. The highest BCUT2D eigenvalue weighted by Gasteiger charge is 2.16. The largest absolute Gasteiger partial charge is 0.496 e. The Hall–Kier alpha value is -2.73. The molecule has 120 valence electrons. The Morgan fingerprint density at radius 3 is 2.43 bits per heavy atom. The number of carbonyl (C=O) groups excluding carboxylic acids is 2. The summed E-state index contributed by atoms with van der Waals surface area (Å²) in [6, 6.07) is 9.66. The summed E-state index contributed by atoms with van der Waals surface area (Å²) >= 11 is 0. The van der Waals surface area contributed by atoms with E-state index in [0.717, 1.165) is 6.07 Å². The summed E-state index contributed by atoms with van der Waals surface area (Å²) in [6.07, 6.45) is 0. The van der Waals surface area contributed by atoms with E-state index in [-0.39, 0.29) is 23.5 Å². The molecule has 0 aliphatic rings. The molecule has 0 radical (unpaired) electrons. The molecule has 0 saturated heterocycles. The molecule has 0 aliphatic heterocycles. The zero-order valence-electron chi connectivity index (χ0n) is 12.4. The number of ether oxygens (including phenoxy) is 2. The minimum atomic E-state index is -0.682. The molecule has 0 bridgehead atoms. The number of aliphatic hydroxyl groups excluding tert-OH is 1. The van der Waals surface area contributed by atoms with Gasteiger partial charge in [0, 0.05) is 0 Å². The molecule has 2 rings (SSSR count). The van der Waals surface area contributed by atoms with Crippen molar-refractivity contribution < 1.29 is 28.6 Å². The second kappa shape index (κ2) is 7.51. The van der Waals surface area contributed by atoms with Crippen molar-refractivity contribution in [2.45, 2.75) is 6.61 Å². The molecule has 0 atom stereocenters. The van der Waals surface area contributed by atoms with Crippen molar-refractivity contribution >= 4 is 11.8 Å². The fraction of sp³-hybridized carbons (Fsp3) is 0.176. The van der Waals surface area contributed by atoms with Crippen LogP contribution < -0.4 is 4.74 Å². The Morgan fingerprint density at radius 2 is 1.83 bits per heavy atom. The zero-order chi connectivity index (χ0) is 16.8. The summed E-state index contributed by atoms with van der Waals surface area (Å²) in [6.45, 7) is -0.659. The van der Waals surface area contributed by atoms with Gasteiger partial charge in [-0.25, -0.2) is 9.18 Å². The summed E-state index contributed by atoms with van der Waals surface area (Å²) in [5.41, 5.74) is 0.916. The average Bonchev–Trinajstić information content (AvgIpc) is 2.59. The summed E-state index contributed by atoms with van der Waals surface area (Å²) in [5.74, 6) is -1.63. The van der Waals surface area contributed by atoms with E-state index in [2.05, 4.69) is 0 Å². The van der Waals surface area contributed by atoms with Crippen LogP contribution in [-0.4, -0.2) is 30.6 Å². The topological polar surface area (TPSA) is 72.8 Å². The fourth-order valence-corrected chi connectivity index (χ4v) is 1.94. The first-order valence-corrected chi connectivity index (χ1v) is 6.79. The van der Waals surface area contributed by atoms with Gasteiger partial charge in [0.25, 0.3) is 0 Å². The Morgan fingerprint density at radius 1 is 1.13 bits per heavy atom. The van der Waals surface area contributed by atoms with Crippen LogP contribution in [0.15, 0.2) is 42.5 Å². The van der Waals surface area contributed by atoms with E-state index in [1.54, 1.807) is 12.1 Å². The number of methoxy groups -OCH3 is 1. The molecule has 0 saturated carbocycles. The van der Waals surface area contributed by atoms with Crippen LogP contribution in [-0.2, 0) is 11.3 Å². The van der Waals surface area contributed by atoms with Crippen molar-refractivity contribution in [3.05, 3.63) is 65.0 Å². The van der Waals surface area contributed by atoms with Gasteiger partial charge in [-0.05, 0) is 35.9 Å². The van der Waals surface area contributed by atoms with Crippen molar-refractivity contribution in [3.8, 4) is 5.75 Å². The number of hydrogen-bond acceptors (Lipinski definition) is 5. The highest BCUT2D eigenvalue weighted by molar-refractivity contribution is 6.01. The lowest BCUT2D eigenvalue weighted by Crippen LogP contribution is -2.15. The van der Waals surface area contributed by atoms with Crippen LogP contribution in [0.4, 0.5) is 4.39 Å². The maximum atomic E-state index is 13.2. The molecule has 0 spiro atoms. The molecular weight excluding hydrogens is 303 g/mol. The van der Waals surface area contributed by atoms with Gasteiger partial charge < -0.3 is 14.6 Å². The first kappa shape index (κ1) is 16.6. The second-order valence-corrected chi connectivity index (χ2v) is 4.70. The average molecular weight is 318 g/mol. The summed E-state index contributed by atoms with van der Waals surface area (Å²) in [4.78, 5) is 23.9. The number of Topliss-reactive ketones (excluding diaryl/α,β-unsaturated/α-hetero) is 1. The molecule has 6 heteroatoms. The molecule has 5 nitrogen and oxygen atoms in total. The Balaban J connectivity index is 2.03. The SMILES string of the molecule is COc1ccc(F)cc1C(=O)COC(=O)c1ccc(CO)cc1. The van der Waals surface area contributed by atoms with E-state index in [0.29, 0.717) is 5.56 Å². The minimum absolute atomic E-state index is 0.0101. The Labute approximate surface area is 132 Å². The summed E-state index contributed by atoms with van der Waals surface area (Å²) in [5, 5.41) is 8.94. The molecule has 2 aromatic carbocycles. The van der Waals surface area contributed by atoms with Gasteiger partial charge in [0.2, 0.25) is 5.78 Å². The Kier molecular flexibility index (Phi) is 5.43. The van der Waals surface area contributed by atoms with Gasteiger partial charge in [0.15, 0.2) is 6.61 Å². The normalized spacial score (nSPS) is 10.2. The van der Waals surface area contributed by atoms with Gasteiger partial charge in [-0.15, -0.1) is 0 Å². The number of carbonyl (C=O) groups is 2. The van der Waals surface area contributed by atoms with Crippen LogP contribution in [0, 0.1) is 5.82 Å². The number of ketones is 1. The van der Waals surface area contributed by atoms with Crippen molar-refractivity contribution in [2.75, 3.05) is 13.7 Å². The molecule has 0 heterocycles. The van der Waals surface area contributed by atoms with Crippen LogP contribution >= 0.6 is 0 Å². The van der Waals surface area contributed by atoms with Crippen molar-refractivity contribution in [2.24, 2.45) is 0 Å². The molecule has 23 heavy (non-hydrogen) atoms. The molecule has 0 amide bonds. The number of benzene rings is 2. The first-order valence-electron chi connectivity index (χ1n) is 6.79. The third-order valence-electron chi connectivity index (χ3n) is 3.17. The fourth-order valence-electron chi connectivity index (χ4n) is 1.94. The predicted octanol–water partition coefficient (Wildman–Crippen LogP) is 2.37. The highest BCUT2D eigenvalue weighted by atomic mass is 19.1. The van der Waals surface area contributed by atoms with Crippen LogP contribution in [0.25, 0.3) is 0 Å². The van der Waals surface area contributed by atoms with E-state index in [9.17, 15) is 14.0 Å². The van der Waals surface area contributed by atoms with Crippen molar-refractivity contribution in [1.82, 2.24) is 0 Å². The van der Waals surface area contributed by atoms with E-state index in [4.69, 9.17) is 14.6 Å². The molecule has 2 aromatic rings. The third-order valence-corrected chi connectivity index (χ3v) is 3.17. The quantitative estimate of drug-likeness (QED) is 0.654. The molecule has 0 aliphatic carbocycles. The lowest BCUT2D eigenvalue weighted by atomic mass is 10.1. The monoisotopic (exact) mass is 318 g/mol. The minimum Gasteiger partial charge on any atom is -0.496 e. The van der Waals surface area contributed by atoms with Gasteiger partial charge in [0.05, 0.1) is 24.8 Å². The third kappa shape index (κ3) is 4.14. The zero-order valence-corrected chi connectivity index (χ0v) is 12.4. The van der Waals surface area contributed by atoms with Gasteiger partial charge in [0.1, 0.15) is 11.6 Å². The second-order valence-electron chi connectivity index (χ2n) is 4.70. The smallest absolute Gasteiger partial charge is 0.338 e. The Bertz CT molecular complexity index is 709. The molecule has 1 N–H and O–H groups in total. The van der Waals surface area contributed by atoms with E-state index in [1.807, 2.05) is 0 Å². The van der Waals surface area contributed by atoms with E-state index < -0.39 is 24.2 Å². The standard InChI is InChI=1S/C17H15FO5/c1-22-16-7-6-13(18)8-14(16)15(20)10-23-17(21)12-4-2-11(9-19)3-5-12/h2-8,19H,9-10H2,1H3. The van der Waals surface area contributed by atoms with Crippen LogP contribution in [0.5, 0.6) is 5.75 Å². The molecule has 0 aromatic heterocycles. The van der Waals surface area contributed by atoms with Crippen molar-refractivity contribution in [1.29, 1.82) is 0 Å². The molecule has 0 unspecified atom stereocenters.